The molecule has 1 heterocycles. The molecule has 0 amide bonds. The molecule has 1 aliphatic rings. The standard InChI is InChI=1S/C14H20N2O2/c1-2-18-14(17)13-4-3-9-16(13)10-11-5-7-12(15)8-6-11/h5-8,13H,2-4,9-10,15H2,1H3. The summed E-state index contributed by atoms with van der Waals surface area (Å²) >= 11 is 0. The molecule has 1 fully saturated rings. The van der Waals surface area contributed by atoms with Gasteiger partial charge in [-0.3, -0.25) is 9.69 Å². The molecule has 1 aromatic carbocycles. The third-order valence-electron chi connectivity index (χ3n) is 3.29. The molecule has 1 saturated heterocycles. The number of hydrogen-bond acceptors (Lipinski definition) is 4. The third kappa shape index (κ3) is 3.01. The molecule has 2 N–H and O–H groups in total. The van der Waals surface area contributed by atoms with Gasteiger partial charge in [0.05, 0.1) is 6.61 Å². The third-order valence-corrected chi connectivity index (χ3v) is 3.29. The van der Waals surface area contributed by atoms with E-state index in [1.807, 2.05) is 31.2 Å². The van der Waals surface area contributed by atoms with Crippen LogP contribution >= 0.6 is 0 Å². The van der Waals surface area contributed by atoms with Crippen molar-refractivity contribution in [3.05, 3.63) is 29.8 Å². The zero-order chi connectivity index (χ0) is 13.0. The summed E-state index contributed by atoms with van der Waals surface area (Å²) in [5.74, 6) is -0.0922. The fourth-order valence-electron chi connectivity index (χ4n) is 2.38. The van der Waals surface area contributed by atoms with Crippen LogP contribution < -0.4 is 5.73 Å². The van der Waals surface area contributed by atoms with Crippen LogP contribution in [0.15, 0.2) is 24.3 Å². The average molecular weight is 248 g/mol. The van der Waals surface area contributed by atoms with Crippen molar-refractivity contribution in [3.63, 3.8) is 0 Å². The second-order valence-electron chi connectivity index (χ2n) is 4.62. The second kappa shape index (κ2) is 5.87. The van der Waals surface area contributed by atoms with Crippen LogP contribution in [0.25, 0.3) is 0 Å². The predicted octanol–water partition coefficient (Wildman–Crippen LogP) is 1.80. The largest absolute Gasteiger partial charge is 0.465 e. The predicted molar refractivity (Wildman–Crippen MR) is 70.9 cm³/mol. The van der Waals surface area contributed by atoms with Gasteiger partial charge in [0.1, 0.15) is 6.04 Å². The van der Waals surface area contributed by atoms with Crippen LogP contribution in [0, 0.1) is 0 Å². The SMILES string of the molecule is CCOC(=O)C1CCCN1Cc1ccc(N)cc1. The van der Waals surface area contributed by atoms with E-state index in [1.54, 1.807) is 0 Å². The van der Waals surface area contributed by atoms with Gasteiger partial charge in [-0.25, -0.2) is 0 Å². The Balaban J connectivity index is 1.99. The Morgan fingerprint density at radius 1 is 1.44 bits per heavy atom. The summed E-state index contributed by atoms with van der Waals surface area (Å²) in [6, 6.07) is 7.73. The second-order valence-corrected chi connectivity index (χ2v) is 4.62. The van der Waals surface area contributed by atoms with E-state index >= 15 is 0 Å². The van der Waals surface area contributed by atoms with E-state index in [9.17, 15) is 4.79 Å². The van der Waals surface area contributed by atoms with Crippen molar-refractivity contribution in [3.8, 4) is 0 Å². The van der Waals surface area contributed by atoms with Crippen LogP contribution in [0.5, 0.6) is 0 Å². The minimum atomic E-state index is -0.0922. The lowest BCUT2D eigenvalue weighted by molar-refractivity contribution is -0.148. The zero-order valence-corrected chi connectivity index (χ0v) is 10.8. The summed E-state index contributed by atoms with van der Waals surface area (Å²) in [5.41, 5.74) is 7.61. The van der Waals surface area contributed by atoms with Crippen LogP contribution in [0.2, 0.25) is 0 Å². The zero-order valence-electron chi connectivity index (χ0n) is 10.8. The number of rotatable bonds is 4. The summed E-state index contributed by atoms with van der Waals surface area (Å²) in [6.07, 6.45) is 1.95. The Morgan fingerprint density at radius 2 is 2.17 bits per heavy atom. The lowest BCUT2D eigenvalue weighted by Crippen LogP contribution is -2.36. The van der Waals surface area contributed by atoms with Crippen molar-refractivity contribution in [2.75, 3.05) is 18.9 Å². The first-order valence-electron chi connectivity index (χ1n) is 6.46. The maximum Gasteiger partial charge on any atom is 0.323 e. The van der Waals surface area contributed by atoms with E-state index in [2.05, 4.69) is 4.90 Å². The van der Waals surface area contributed by atoms with Crippen LogP contribution in [0.3, 0.4) is 0 Å². The van der Waals surface area contributed by atoms with E-state index in [1.165, 1.54) is 5.56 Å². The van der Waals surface area contributed by atoms with Crippen molar-refractivity contribution >= 4 is 11.7 Å². The van der Waals surface area contributed by atoms with Gasteiger partial charge in [0.25, 0.3) is 0 Å². The van der Waals surface area contributed by atoms with Crippen molar-refractivity contribution in [2.24, 2.45) is 0 Å². The van der Waals surface area contributed by atoms with Crippen molar-refractivity contribution in [1.29, 1.82) is 0 Å². The highest BCUT2D eigenvalue weighted by atomic mass is 16.5. The molecule has 0 aliphatic carbocycles. The number of benzene rings is 1. The monoisotopic (exact) mass is 248 g/mol. The minimum Gasteiger partial charge on any atom is -0.465 e. The topological polar surface area (TPSA) is 55.6 Å². The Hall–Kier alpha value is -1.55. The molecule has 0 spiro atoms. The molecule has 0 saturated carbocycles. The Kier molecular flexibility index (Phi) is 4.20. The molecular weight excluding hydrogens is 228 g/mol. The molecule has 1 unspecified atom stereocenters. The van der Waals surface area contributed by atoms with Crippen molar-refractivity contribution < 1.29 is 9.53 Å². The van der Waals surface area contributed by atoms with Gasteiger partial charge in [0.15, 0.2) is 0 Å². The Bertz CT molecular complexity index is 403. The molecule has 2 rings (SSSR count). The van der Waals surface area contributed by atoms with Gasteiger partial charge in [0.2, 0.25) is 0 Å². The summed E-state index contributed by atoms with van der Waals surface area (Å²) in [4.78, 5) is 14.0. The molecular formula is C14H20N2O2. The fourth-order valence-corrected chi connectivity index (χ4v) is 2.38. The van der Waals surface area contributed by atoms with Crippen LogP contribution in [-0.4, -0.2) is 30.1 Å². The molecule has 0 radical (unpaired) electrons. The van der Waals surface area contributed by atoms with Crippen LogP contribution in [-0.2, 0) is 16.1 Å². The molecule has 1 atom stereocenters. The van der Waals surface area contributed by atoms with Gasteiger partial charge < -0.3 is 10.5 Å². The smallest absolute Gasteiger partial charge is 0.323 e. The summed E-state index contributed by atoms with van der Waals surface area (Å²) in [5, 5.41) is 0. The number of nitrogens with two attached hydrogens (primary N) is 1. The van der Waals surface area contributed by atoms with E-state index < -0.39 is 0 Å². The average Bonchev–Trinajstić information content (AvgIpc) is 2.81. The summed E-state index contributed by atoms with van der Waals surface area (Å²) in [7, 11) is 0. The lowest BCUT2D eigenvalue weighted by Gasteiger charge is -2.22. The first kappa shape index (κ1) is 12.9. The molecule has 98 valence electrons. The summed E-state index contributed by atoms with van der Waals surface area (Å²) in [6.45, 7) is 4.03. The Morgan fingerprint density at radius 3 is 2.83 bits per heavy atom. The Labute approximate surface area is 108 Å². The number of ether oxygens (including phenoxy) is 1. The normalized spacial score (nSPS) is 19.9. The quantitative estimate of drug-likeness (QED) is 0.652. The fraction of sp³-hybridized carbons (Fsp3) is 0.500. The molecule has 4 heteroatoms. The van der Waals surface area contributed by atoms with E-state index in [0.29, 0.717) is 6.61 Å². The van der Waals surface area contributed by atoms with E-state index in [4.69, 9.17) is 10.5 Å². The molecule has 0 bridgehead atoms. The first-order chi connectivity index (χ1) is 8.70. The molecule has 0 aromatic heterocycles. The highest BCUT2D eigenvalue weighted by Crippen LogP contribution is 2.21. The molecule has 1 aromatic rings. The van der Waals surface area contributed by atoms with Crippen molar-refractivity contribution in [2.45, 2.75) is 32.4 Å². The number of nitrogens with zero attached hydrogens (tertiary/aromatic N) is 1. The maximum absolute atomic E-state index is 11.8. The number of likely N-dealkylation sites (tertiary alicyclic amines) is 1. The minimum absolute atomic E-state index is 0.0810. The molecule has 1 aliphatic heterocycles. The molecule has 4 nitrogen and oxygen atoms in total. The highest BCUT2D eigenvalue weighted by molar-refractivity contribution is 5.76. The van der Waals surface area contributed by atoms with Gasteiger partial charge in [0, 0.05) is 12.2 Å². The van der Waals surface area contributed by atoms with Gasteiger partial charge in [-0.15, -0.1) is 0 Å². The van der Waals surface area contributed by atoms with E-state index in [-0.39, 0.29) is 12.0 Å². The maximum atomic E-state index is 11.8. The van der Waals surface area contributed by atoms with Gasteiger partial charge in [-0.2, -0.15) is 0 Å². The number of anilines is 1. The number of carbonyl (C=O) groups is 1. The first-order valence-corrected chi connectivity index (χ1v) is 6.46. The lowest BCUT2D eigenvalue weighted by atomic mass is 10.1. The molecule has 18 heavy (non-hydrogen) atoms. The number of hydrogen-bond donors (Lipinski definition) is 1. The van der Waals surface area contributed by atoms with Gasteiger partial charge in [-0.05, 0) is 44.0 Å². The van der Waals surface area contributed by atoms with Crippen LogP contribution in [0.1, 0.15) is 25.3 Å². The number of nitrogen functional groups attached to an aromatic ring is 1. The number of carbonyl (C=O) groups excluding carboxylic acids is 1. The van der Waals surface area contributed by atoms with Crippen LogP contribution in [0.4, 0.5) is 5.69 Å². The van der Waals surface area contributed by atoms with Gasteiger partial charge in [-0.1, -0.05) is 12.1 Å². The summed E-state index contributed by atoms with van der Waals surface area (Å²) < 4.78 is 5.11. The number of esters is 1. The van der Waals surface area contributed by atoms with Crippen molar-refractivity contribution in [1.82, 2.24) is 4.90 Å². The highest BCUT2D eigenvalue weighted by Gasteiger charge is 2.31. The van der Waals surface area contributed by atoms with Gasteiger partial charge >= 0.3 is 5.97 Å². The van der Waals surface area contributed by atoms with E-state index in [0.717, 1.165) is 31.6 Å².